The van der Waals surface area contributed by atoms with Crippen molar-refractivity contribution >= 4 is 0 Å². The van der Waals surface area contributed by atoms with Gasteiger partial charge in [0.15, 0.2) is 0 Å². The van der Waals surface area contributed by atoms with E-state index in [-0.39, 0.29) is 0 Å². The quantitative estimate of drug-likeness (QED) is 0.504. The zero-order valence-electron chi connectivity index (χ0n) is 2.84. The fourth-order valence-corrected chi connectivity index (χ4v) is 0.345. The van der Waals surface area contributed by atoms with Gasteiger partial charge in [0.25, 0.3) is 0 Å². The molecule has 0 aromatic heterocycles. The molecule has 0 unspecified atom stereocenters. The third-order valence-corrected chi connectivity index (χ3v) is 0.845. The number of nitro groups is 2. The molecule has 6 nitrogen and oxygen atoms in total. The average Bonchev–Trinajstić information content (AvgIpc) is 1.27. The molecule has 0 aliphatic carbocycles. The van der Waals surface area contributed by atoms with Gasteiger partial charge in [0.1, 0.15) is 0 Å². The van der Waals surface area contributed by atoms with Crippen LogP contribution in [0, 0.1) is 20.2 Å². The first-order valence-corrected chi connectivity index (χ1v) is 3.05. The van der Waals surface area contributed by atoms with Gasteiger partial charge in [0.2, 0.25) is 0 Å². The van der Waals surface area contributed by atoms with Crippen molar-refractivity contribution in [1.29, 1.82) is 0 Å². The van der Waals surface area contributed by atoms with Crippen LogP contribution in [0.15, 0.2) is 0 Å². The summed E-state index contributed by atoms with van der Waals surface area (Å²) in [4.78, 5) is 18.4. The van der Waals surface area contributed by atoms with E-state index in [1.807, 2.05) is 0 Å². The van der Waals surface area contributed by atoms with Crippen LogP contribution in [0.3, 0.4) is 0 Å². The number of hydrogen-bond acceptors (Lipinski definition) is 4. The molecule has 0 spiro atoms. The maximum absolute atomic E-state index is 9.22. The Bertz CT molecular complexity index is 85.9. The Balaban J connectivity index is 3.32. The Kier molecular flexibility index (Phi) is 2.43. The molecule has 0 N–H and O–H groups in total. The standard InChI is InChI=1S/2NO2.Pt/c2*2-1-3;. The molecule has 0 rings (SSSR count). The molecular formula is N2O4Pt. The van der Waals surface area contributed by atoms with Gasteiger partial charge in [0.05, 0.1) is 0 Å². The van der Waals surface area contributed by atoms with E-state index < -0.39 is 26.0 Å². The van der Waals surface area contributed by atoms with Crippen molar-refractivity contribution in [2.45, 2.75) is 0 Å². The summed E-state index contributed by atoms with van der Waals surface area (Å²) in [6.07, 6.45) is 0. The molecule has 44 valence electrons. The molecule has 0 aliphatic heterocycles. The topological polar surface area (TPSA) is 86.3 Å². The molecule has 0 aromatic carbocycles. The molecule has 0 fully saturated rings. The summed E-state index contributed by atoms with van der Waals surface area (Å²) in [5.74, 6) is 0. The second-order valence-corrected chi connectivity index (χ2v) is 2.56. The zero-order valence-corrected chi connectivity index (χ0v) is 5.12. The summed E-state index contributed by atoms with van der Waals surface area (Å²) in [6.45, 7) is 0. The molecule has 0 aliphatic rings. The van der Waals surface area contributed by atoms with E-state index in [2.05, 4.69) is 0 Å². The summed E-state index contributed by atoms with van der Waals surface area (Å²) in [6, 6.07) is 0. The minimum absolute atomic E-state index is 0.889. The Morgan fingerprint density at radius 1 is 1.14 bits per heavy atom. The van der Waals surface area contributed by atoms with Crippen molar-refractivity contribution in [2.75, 3.05) is 0 Å². The van der Waals surface area contributed by atoms with Crippen molar-refractivity contribution in [3.8, 4) is 0 Å². The van der Waals surface area contributed by atoms with E-state index in [9.17, 15) is 20.2 Å². The molecule has 0 amide bonds. The number of hydrogen-bond donors (Lipinski definition) is 0. The van der Waals surface area contributed by atoms with E-state index in [0.717, 1.165) is 0 Å². The maximum atomic E-state index is 9.22. The summed E-state index contributed by atoms with van der Waals surface area (Å²) in [7, 11) is 0. The third-order valence-electron chi connectivity index (χ3n) is 0.103. The van der Waals surface area contributed by atoms with Gasteiger partial charge < -0.3 is 0 Å². The predicted octanol–water partition coefficient (Wildman–Crippen LogP) is -0.548. The molecule has 0 bridgehead atoms. The Morgan fingerprint density at radius 2 is 1.43 bits per heavy atom. The fourth-order valence-electron chi connectivity index (χ4n) is 0.0422. The van der Waals surface area contributed by atoms with Crippen molar-refractivity contribution in [3.05, 3.63) is 20.2 Å². The first kappa shape index (κ1) is 6.49. The Morgan fingerprint density at radius 3 is 1.43 bits per heavy atom. The van der Waals surface area contributed by atoms with E-state index in [4.69, 9.17) is 0 Å². The summed E-state index contributed by atoms with van der Waals surface area (Å²) in [5, 5.41) is 18.4. The van der Waals surface area contributed by atoms with Gasteiger partial charge in [-0.15, -0.1) is 0 Å². The molecular weight excluding hydrogens is 287 g/mol. The van der Waals surface area contributed by atoms with Crippen molar-refractivity contribution in [2.24, 2.45) is 0 Å². The van der Waals surface area contributed by atoms with Crippen LogP contribution in [0.25, 0.3) is 0 Å². The van der Waals surface area contributed by atoms with Crippen LogP contribution in [-0.2, 0) is 19.1 Å². The fraction of sp³-hybridized carbons (Fsp3) is 0. The number of nitrogens with zero attached hydrogens (tertiary/aromatic N) is 2. The minimum atomic E-state index is -2.06. The van der Waals surface area contributed by atoms with Gasteiger partial charge >= 0.3 is 46.3 Å². The normalized spacial score (nSPS) is 8.57. The number of rotatable bonds is 2. The van der Waals surface area contributed by atoms with Gasteiger partial charge in [-0.3, -0.25) is 0 Å². The van der Waals surface area contributed by atoms with E-state index in [1.165, 1.54) is 0 Å². The Labute approximate surface area is 46.9 Å². The second kappa shape index (κ2) is 2.63. The summed E-state index contributed by atoms with van der Waals surface area (Å²) < 4.78 is -1.78. The second-order valence-electron chi connectivity index (χ2n) is 0.443. The first-order chi connectivity index (χ1) is 3.13. The molecule has 0 radical (unpaired) electrons. The van der Waals surface area contributed by atoms with E-state index in [0.29, 0.717) is 0 Å². The monoisotopic (exact) mass is 287 g/mol. The summed E-state index contributed by atoms with van der Waals surface area (Å²) >= 11 is -2.06. The van der Waals surface area contributed by atoms with Gasteiger partial charge in [0, 0.05) is 0 Å². The van der Waals surface area contributed by atoms with Crippen LogP contribution in [0.5, 0.6) is 0 Å². The molecule has 7 heteroatoms. The summed E-state index contributed by atoms with van der Waals surface area (Å²) in [5.41, 5.74) is 0. The molecule has 7 heavy (non-hydrogen) atoms. The molecule has 0 saturated heterocycles. The Hall–Kier alpha value is -0.512. The van der Waals surface area contributed by atoms with Crippen LogP contribution < -0.4 is 0 Å². The SMILES string of the molecule is O=[N+]([O-])[Pt][N+](=O)[O-]. The van der Waals surface area contributed by atoms with Crippen molar-refractivity contribution in [3.63, 3.8) is 0 Å². The van der Waals surface area contributed by atoms with Gasteiger partial charge in [-0.25, -0.2) is 0 Å². The van der Waals surface area contributed by atoms with Gasteiger partial charge in [-0.1, -0.05) is 0 Å². The molecule has 0 aromatic rings. The van der Waals surface area contributed by atoms with Crippen molar-refractivity contribution < 1.29 is 26.0 Å². The van der Waals surface area contributed by atoms with Crippen LogP contribution >= 0.6 is 0 Å². The van der Waals surface area contributed by atoms with Crippen LogP contribution in [-0.4, -0.2) is 6.96 Å². The van der Waals surface area contributed by atoms with Gasteiger partial charge in [-0.05, 0) is 0 Å². The average molecular weight is 287 g/mol. The van der Waals surface area contributed by atoms with E-state index in [1.54, 1.807) is 0 Å². The zero-order chi connectivity index (χ0) is 5.86. The first-order valence-electron chi connectivity index (χ1n) is 1.01. The van der Waals surface area contributed by atoms with Gasteiger partial charge in [-0.2, -0.15) is 0 Å². The third kappa shape index (κ3) is 5.49. The molecule has 0 atom stereocenters. The van der Waals surface area contributed by atoms with Crippen molar-refractivity contribution in [1.82, 2.24) is 0 Å². The predicted molar refractivity (Wildman–Crippen MR) is 14.0 cm³/mol. The van der Waals surface area contributed by atoms with Crippen LogP contribution in [0.4, 0.5) is 0 Å². The molecule has 0 saturated carbocycles. The van der Waals surface area contributed by atoms with E-state index >= 15 is 0 Å². The van der Waals surface area contributed by atoms with Crippen LogP contribution in [0.1, 0.15) is 0 Å². The van der Waals surface area contributed by atoms with Crippen LogP contribution in [0.2, 0.25) is 0 Å². The molecule has 0 heterocycles.